The maximum atomic E-state index is 5.00. The van der Waals surface area contributed by atoms with E-state index in [1.807, 2.05) is 0 Å². The van der Waals surface area contributed by atoms with Crippen molar-refractivity contribution in [2.45, 2.75) is 26.2 Å². The van der Waals surface area contributed by atoms with E-state index in [0.29, 0.717) is 0 Å². The van der Waals surface area contributed by atoms with Crippen LogP contribution < -0.4 is 0 Å². The van der Waals surface area contributed by atoms with Gasteiger partial charge in [-0.2, -0.15) is 0 Å². The van der Waals surface area contributed by atoms with Crippen molar-refractivity contribution in [2.24, 2.45) is 0 Å². The van der Waals surface area contributed by atoms with Gasteiger partial charge >= 0.3 is 0 Å². The van der Waals surface area contributed by atoms with E-state index < -0.39 is 0 Å². The third-order valence-corrected chi connectivity index (χ3v) is 1.18. The Morgan fingerprint density at radius 2 is 2.40 bits per heavy atom. The summed E-state index contributed by atoms with van der Waals surface area (Å²) in [6.07, 6.45) is 4.59. The molecule has 0 aromatic rings. The summed E-state index contributed by atoms with van der Waals surface area (Å²) in [5, 5.41) is 0. The molecule has 0 heterocycles. The molecule has 0 spiro atoms. The third kappa shape index (κ3) is 3.99. The Morgan fingerprint density at radius 3 is 2.80 bits per heavy atom. The molecule has 0 saturated carbocycles. The number of ether oxygens (including phenoxy) is 1. The summed E-state index contributed by atoms with van der Waals surface area (Å²) in [6.45, 7) is 9.08. The van der Waals surface area contributed by atoms with E-state index in [0.717, 1.165) is 25.0 Å². The number of rotatable bonds is 5. The van der Waals surface area contributed by atoms with Gasteiger partial charge in [-0.1, -0.05) is 32.2 Å². The lowest BCUT2D eigenvalue weighted by molar-refractivity contribution is 0.332. The number of hydrogen-bond acceptors (Lipinski definition) is 1. The van der Waals surface area contributed by atoms with Gasteiger partial charge in [0.05, 0.1) is 6.26 Å². The molecule has 0 aliphatic carbocycles. The lowest BCUT2D eigenvalue weighted by Crippen LogP contribution is -1.82. The Hall–Kier alpha value is -0.940. The topological polar surface area (TPSA) is 9.23 Å². The Bertz CT molecular complexity index is 141. The Labute approximate surface area is 62.7 Å². The quantitative estimate of drug-likeness (QED) is 0.419. The zero-order chi connectivity index (χ0) is 7.82. The molecule has 56 valence electrons. The molecule has 0 atom stereocenters. The van der Waals surface area contributed by atoms with Crippen molar-refractivity contribution in [3.8, 4) is 0 Å². The Balaban J connectivity index is 3.62. The molecule has 0 N–H and O–H groups in total. The molecule has 1 nitrogen and oxygen atoms in total. The Kier molecular flexibility index (Phi) is 5.60. The highest BCUT2D eigenvalue weighted by molar-refractivity contribution is 4.90. The molecular weight excluding hydrogens is 124 g/mol. The first-order chi connectivity index (χ1) is 4.85. The van der Waals surface area contributed by atoms with Crippen LogP contribution >= 0.6 is 0 Å². The van der Waals surface area contributed by atoms with E-state index in [4.69, 9.17) is 4.74 Å². The lowest BCUT2D eigenvalue weighted by Gasteiger charge is -2.00. The molecule has 10 heavy (non-hydrogen) atoms. The zero-order valence-corrected chi connectivity index (χ0v) is 6.52. The average molecular weight is 138 g/mol. The molecule has 0 radical (unpaired) electrons. The van der Waals surface area contributed by atoms with E-state index in [-0.39, 0.29) is 0 Å². The van der Waals surface area contributed by atoms with Crippen LogP contribution in [-0.2, 0) is 4.74 Å². The van der Waals surface area contributed by atoms with Crippen molar-refractivity contribution in [1.29, 1.82) is 0 Å². The van der Waals surface area contributed by atoms with Gasteiger partial charge in [0, 0.05) is 6.42 Å². The second-order valence-electron chi connectivity index (χ2n) is 1.99. The smallest absolute Gasteiger partial charge is 0.145 e. The summed E-state index contributed by atoms with van der Waals surface area (Å²) < 4.78 is 5.00. The van der Waals surface area contributed by atoms with E-state index in [1.165, 1.54) is 6.26 Å². The molecule has 1 heteroatoms. The molecule has 0 bridgehead atoms. The van der Waals surface area contributed by atoms with Crippen molar-refractivity contribution < 1.29 is 4.74 Å². The van der Waals surface area contributed by atoms with Crippen LogP contribution in [0.5, 0.6) is 0 Å². The van der Waals surface area contributed by atoms with Crippen molar-refractivity contribution in [2.75, 3.05) is 0 Å². The molecule has 0 aromatic carbocycles. The highest BCUT2D eigenvalue weighted by Gasteiger charge is 1.91. The van der Waals surface area contributed by atoms with Crippen molar-refractivity contribution >= 4 is 0 Å². The van der Waals surface area contributed by atoms with E-state index in [2.05, 4.69) is 25.8 Å². The molecule has 0 aliphatic heterocycles. The normalized spacial score (nSPS) is 8.10. The maximum absolute atomic E-state index is 5.00. The standard InChI is InChI=1S/C9H14O/c1-4-7-8-9(5-2)10-6-3/h6H,2-4,7-8H2,1H3. The van der Waals surface area contributed by atoms with E-state index in [9.17, 15) is 0 Å². The molecule has 0 aliphatic rings. The van der Waals surface area contributed by atoms with Gasteiger partial charge in [-0.15, -0.1) is 0 Å². The summed E-state index contributed by atoms with van der Waals surface area (Å²) in [4.78, 5) is 0. The van der Waals surface area contributed by atoms with Gasteiger partial charge in [0.2, 0.25) is 0 Å². The first-order valence-electron chi connectivity index (χ1n) is 3.51. The molecule has 0 fully saturated rings. The van der Waals surface area contributed by atoms with Gasteiger partial charge in [-0.05, 0) is 6.42 Å². The highest BCUT2D eigenvalue weighted by atomic mass is 16.5. The first kappa shape index (κ1) is 9.06. The number of allylic oxidation sites excluding steroid dienone is 1. The minimum Gasteiger partial charge on any atom is -0.462 e. The fourth-order valence-corrected chi connectivity index (χ4v) is 0.627. The third-order valence-electron chi connectivity index (χ3n) is 1.18. The van der Waals surface area contributed by atoms with Crippen LogP contribution in [0.4, 0.5) is 0 Å². The van der Waals surface area contributed by atoms with Crippen LogP contribution in [0, 0.1) is 0 Å². The van der Waals surface area contributed by atoms with Crippen LogP contribution in [0.15, 0.2) is 30.9 Å². The highest BCUT2D eigenvalue weighted by Crippen LogP contribution is 2.06. The second kappa shape index (κ2) is 6.18. The predicted octanol–water partition coefficient (Wildman–Crippen LogP) is 3.01. The fraction of sp³-hybridized carbons (Fsp3) is 0.444. The van der Waals surface area contributed by atoms with Gasteiger partial charge in [0.1, 0.15) is 5.76 Å². The summed E-state index contributed by atoms with van der Waals surface area (Å²) in [5.74, 6) is 0.789. The monoisotopic (exact) mass is 138 g/mol. The van der Waals surface area contributed by atoms with Crippen LogP contribution in [0.25, 0.3) is 0 Å². The minimum atomic E-state index is 0.789. The molecule has 0 aromatic heterocycles. The Morgan fingerprint density at radius 1 is 1.70 bits per heavy atom. The largest absolute Gasteiger partial charge is 0.462 e. The van der Waals surface area contributed by atoms with Crippen LogP contribution in [0.1, 0.15) is 26.2 Å². The van der Waals surface area contributed by atoms with Crippen molar-refractivity contribution in [1.82, 2.24) is 0 Å². The van der Waals surface area contributed by atoms with Gasteiger partial charge in [-0.3, -0.25) is 0 Å². The van der Waals surface area contributed by atoms with Gasteiger partial charge in [0.15, 0.2) is 0 Å². The van der Waals surface area contributed by atoms with Crippen LogP contribution in [0.3, 0.4) is 0 Å². The van der Waals surface area contributed by atoms with E-state index >= 15 is 0 Å². The zero-order valence-electron chi connectivity index (χ0n) is 6.52. The SMILES string of the molecule is C=C=C(CCCC)OC=C. The first-order valence-corrected chi connectivity index (χ1v) is 3.51. The summed E-state index contributed by atoms with van der Waals surface area (Å²) >= 11 is 0. The summed E-state index contributed by atoms with van der Waals surface area (Å²) in [6, 6.07) is 0. The average Bonchev–Trinajstić information content (AvgIpc) is 1.98. The van der Waals surface area contributed by atoms with Gasteiger partial charge in [0.25, 0.3) is 0 Å². The molecule has 0 unspecified atom stereocenters. The second-order valence-corrected chi connectivity index (χ2v) is 1.99. The van der Waals surface area contributed by atoms with Crippen molar-refractivity contribution in [3.63, 3.8) is 0 Å². The summed E-state index contributed by atoms with van der Waals surface area (Å²) in [7, 11) is 0. The molecule has 0 amide bonds. The van der Waals surface area contributed by atoms with E-state index in [1.54, 1.807) is 0 Å². The lowest BCUT2D eigenvalue weighted by atomic mass is 10.2. The predicted molar refractivity (Wildman–Crippen MR) is 43.5 cm³/mol. The van der Waals surface area contributed by atoms with Crippen LogP contribution in [0.2, 0.25) is 0 Å². The van der Waals surface area contributed by atoms with Crippen LogP contribution in [-0.4, -0.2) is 0 Å². The fourth-order valence-electron chi connectivity index (χ4n) is 0.627. The molecule has 0 rings (SSSR count). The number of unbranched alkanes of at least 4 members (excludes halogenated alkanes) is 1. The minimum absolute atomic E-state index is 0.789. The maximum Gasteiger partial charge on any atom is 0.145 e. The molecular formula is C9H14O. The number of hydrogen-bond donors (Lipinski definition) is 0. The summed E-state index contributed by atoms with van der Waals surface area (Å²) in [5.41, 5.74) is 2.71. The molecule has 0 saturated heterocycles. The van der Waals surface area contributed by atoms with Gasteiger partial charge < -0.3 is 4.74 Å². The van der Waals surface area contributed by atoms with Gasteiger partial charge in [-0.25, -0.2) is 0 Å². The van der Waals surface area contributed by atoms with Crippen molar-refractivity contribution in [3.05, 3.63) is 30.9 Å².